The minimum Gasteiger partial charge on any atom is -0.504 e. The van der Waals surface area contributed by atoms with Crippen molar-refractivity contribution < 1.29 is 23.4 Å². The van der Waals surface area contributed by atoms with Gasteiger partial charge in [0.15, 0.2) is 11.9 Å². The number of benzene rings is 2. The van der Waals surface area contributed by atoms with E-state index in [9.17, 15) is 23.4 Å². The molecule has 32 heavy (non-hydrogen) atoms. The molecule has 0 saturated carbocycles. The van der Waals surface area contributed by atoms with Gasteiger partial charge < -0.3 is 15.5 Å². The Bertz CT molecular complexity index is 1230. The van der Waals surface area contributed by atoms with E-state index in [1.54, 1.807) is 30.5 Å². The van der Waals surface area contributed by atoms with Crippen LogP contribution in [0.15, 0.2) is 50.8 Å². The van der Waals surface area contributed by atoms with E-state index >= 15 is 0 Å². The summed E-state index contributed by atoms with van der Waals surface area (Å²) in [5.74, 6) is -2.10. The Morgan fingerprint density at radius 1 is 1.31 bits per heavy atom. The smallest absolute Gasteiger partial charge is 0.322 e. The number of nitriles is 1. The second kappa shape index (κ2) is 9.74. The number of halogens is 2. The number of nitrogens with zero attached hydrogens (tertiary/aromatic N) is 3. The second-order valence-electron chi connectivity index (χ2n) is 6.66. The van der Waals surface area contributed by atoms with Gasteiger partial charge >= 0.3 is 5.97 Å². The van der Waals surface area contributed by atoms with Crippen LogP contribution in [0.2, 0.25) is 5.02 Å². The molecule has 4 N–H and O–H groups in total. The van der Waals surface area contributed by atoms with Crippen LogP contribution in [0, 0.1) is 11.5 Å². The van der Waals surface area contributed by atoms with Crippen LogP contribution in [0.4, 0.5) is 11.4 Å². The molecule has 13 heteroatoms. The number of aliphatic imine (C=N–C) groups is 1. The second-order valence-corrected chi connectivity index (χ2v) is 9.75. The van der Waals surface area contributed by atoms with Gasteiger partial charge in [-0.05, 0) is 53.0 Å². The number of guanidine groups is 1. The average Bonchev–Trinajstić information content (AvgIpc) is 3.23. The number of aliphatic carboxylic acids is 1. The number of sulfonamides is 1. The summed E-state index contributed by atoms with van der Waals surface area (Å²) in [5, 5.41) is 33.9. The summed E-state index contributed by atoms with van der Waals surface area (Å²) >= 11 is 9.43. The first kappa shape index (κ1) is 23.8. The number of hydrogen-bond acceptors (Lipinski definition) is 6. The van der Waals surface area contributed by atoms with Crippen molar-refractivity contribution in [2.45, 2.75) is 23.8 Å². The molecule has 0 amide bonds. The van der Waals surface area contributed by atoms with Crippen molar-refractivity contribution in [1.82, 2.24) is 9.62 Å². The molecule has 0 aliphatic carbocycles. The number of carboxylic acid groups (broad SMARTS) is 1. The molecule has 0 bridgehead atoms. The average molecular weight is 543 g/mol. The van der Waals surface area contributed by atoms with Crippen molar-refractivity contribution in [1.29, 1.82) is 5.26 Å². The third kappa shape index (κ3) is 4.81. The molecule has 168 valence electrons. The number of carbonyl (C=O) groups is 1. The van der Waals surface area contributed by atoms with Gasteiger partial charge in [0.05, 0.1) is 16.4 Å². The predicted octanol–water partition coefficient (Wildman–Crippen LogP) is 3.22. The first-order valence-corrected chi connectivity index (χ1v) is 11.8. The molecule has 0 aromatic heterocycles. The highest BCUT2D eigenvalue weighted by atomic mass is 79.9. The van der Waals surface area contributed by atoms with Gasteiger partial charge in [0.25, 0.3) is 0 Å². The number of phenols is 1. The van der Waals surface area contributed by atoms with Crippen LogP contribution in [0.3, 0.4) is 0 Å². The normalized spacial score (nSPS) is 17.0. The summed E-state index contributed by atoms with van der Waals surface area (Å²) in [7, 11) is -4.43. The molecule has 1 aliphatic heterocycles. The number of hydrogen-bond donors (Lipinski definition) is 4. The van der Waals surface area contributed by atoms with E-state index in [1.807, 2.05) is 0 Å². The Labute approximate surface area is 197 Å². The van der Waals surface area contributed by atoms with Crippen molar-refractivity contribution in [2.75, 3.05) is 11.9 Å². The number of anilines is 1. The van der Waals surface area contributed by atoms with Gasteiger partial charge in [0, 0.05) is 11.0 Å². The van der Waals surface area contributed by atoms with Crippen molar-refractivity contribution in [3.05, 3.63) is 45.9 Å². The van der Waals surface area contributed by atoms with Gasteiger partial charge in [-0.25, -0.2) is 13.4 Å². The topological polar surface area (TPSA) is 155 Å². The zero-order valence-electron chi connectivity index (χ0n) is 16.3. The fourth-order valence-electron chi connectivity index (χ4n) is 3.22. The first-order chi connectivity index (χ1) is 15.2. The lowest BCUT2D eigenvalue weighted by molar-refractivity contribution is -0.140. The molecule has 0 unspecified atom stereocenters. The van der Waals surface area contributed by atoms with Crippen molar-refractivity contribution in [3.8, 4) is 11.9 Å². The van der Waals surface area contributed by atoms with E-state index in [2.05, 4.69) is 31.6 Å². The monoisotopic (exact) mass is 541 g/mol. The van der Waals surface area contributed by atoms with Crippen molar-refractivity contribution in [2.24, 2.45) is 4.99 Å². The summed E-state index contributed by atoms with van der Waals surface area (Å²) < 4.78 is 27.8. The van der Waals surface area contributed by atoms with E-state index < -0.39 is 32.7 Å². The minimum atomic E-state index is -4.43. The van der Waals surface area contributed by atoms with E-state index in [-0.39, 0.29) is 29.6 Å². The maximum absolute atomic E-state index is 13.2. The highest BCUT2D eigenvalue weighted by Crippen LogP contribution is 2.40. The SMILES string of the molecule is N#CNC(=Nc1ccccc1Br)Nc1ccc(Cl)c(S(=O)(=O)N2CCC[C@H]2C(=O)O)c1O. The van der Waals surface area contributed by atoms with Crippen LogP contribution in [-0.4, -0.2) is 47.5 Å². The van der Waals surface area contributed by atoms with E-state index in [0.29, 0.717) is 16.6 Å². The third-order valence-electron chi connectivity index (χ3n) is 4.65. The van der Waals surface area contributed by atoms with Gasteiger partial charge in [-0.2, -0.15) is 9.57 Å². The number of phenolic OH excluding ortho intramolecular Hbond substituents is 1. The molecule has 0 spiro atoms. The fraction of sp³-hybridized carbons (Fsp3) is 0.211. The molecule has 0 radical (unpaired) electrons. The molecule has 10 nitrogen and oxygen atoms in total. The lowest BCUT2D eigenvalue weighted by Crippen LogP contribution is -2.40. The predicted molar refractivity (Wildman–Crippen MR) is 121 cm³/mol. The van der Waals surface area contributed by atoms with Crippen LogP contribution in [0.25, 0.3) is 0 Å². The zero-order chi connectivity index (χ0) is 23.5. The summed E-state index contributed by atoms with van der Waals surface area (Å²) in [6, 6.07) is 8.21. The fourth-order valence-corrected chi connectivity index (χ4v) is 5.84. The van der Waals surface area contributed by atoms with Crippen LogP contribution in [-0.2, 0) is 14.8 Å². The van der Waals surface area contributed by atoms with Crippen LogP contribution in [0.5, 0.6) is 5.75 Å². The highest BCUT2D eigenvalue weighted by molar-refractivity contribution is 9.10. The standard InChI is InChI=1S/C19H17BrClN5O5S/c20-11-4-1-2-5-13(11)24-19(23-10-22)25-14-8-7-12(21)17(16(14)27)32(30,31)26-9-3-6-15(26)18(28)29/h1-2,4-5,7-8,15,27H,3,6,9H2,(H,28,29)(H2,23,24,25)/t15-/m0/s1. The lowest BCUT2D eigenvalue weighted by Gasteiger charge is -2.23. The van der Waals surface area contributed by atoms with Crippen LogP contribution >= 0.6 is 27.5 Å². The first-order valence-electron chi connectivity index (χ1n) is 9.18. The molecule has 2 aromatic rings. The molecule has 1 aliphatic rings. The molecule has 1 heterocycles. The molecular formula is C19H17BrClN5O5S. The van der Waals surface area contributed by atoms with E-state index in [4.69, 9.17) is 16.9 Å². The Hall–Kier alpha value is -2.85. The van der Waals surface area contributed by atoms with E-state index in [0.717, 1.165) is 4.31 Å². The molecule has 3 rings (SSSR count). The van der Waals surface area contributed by atoms with Crippen molar-refractivity contribution in [3.63, 3.8) is 0 Å². The number of nitrogens with one attached hydrogen (secondary N) is 2. The third-order valence-corrected chi connectivity index (χ3v) is 7.73. The largest absolute Gasteiger partial charge is 0.504 e. The van der Waals surface area contributed by atoms with Gasteiger partial charge in [0.2, 0.25) is 16.0 Å². The van der Waals surface area contributed by atoms with Gasteiger partial charge in [-0.15, -0.1) is 0 Å². The Kier molecular flexibility index (Phi) is 7.25. The number of para-hydroxylation sites is 1. The molecule has 1 saturated heterocycles. The Morgan fingerprint density at radius 3 is 2.69 bits per heavy atom. The molecular weight excluding hydrogens is 526 g/mol. The van der Waals surface area contributed by atoms with Crippen LogP contribution < -0.4 is 10.6 Å². The van der Waals surface area contributed by atoms with Gasteiger partial charge in [-0.3, -0.25) is 10.1 Å². The van der Waals surface area contributed by atoms with E-state index in [1.165, 1.54) is 12.1 Å². The maximum atomic E-state index is 13.2. The summed E-state index contributed by atoms with van der Waals surface area (Å²) in [6.45, 7) is -0.0164. The van der Waals surface area contributed by atoms with Crippen molar-refractivity contribution >= 4 is 60.9 Å². The molecule has 2 aromatic carbocycles. The number of carboxylic acids is 1. The maximum Gasteiger partial charge on any atom is 0.322 e. The lowest BCUT2D eigenvalue weighted by atomic mass is 10.2. The Balaban J connectivity index is 2.03. The number of aromatic hydroxyl groups is 1. The van der Waals surface area contributed by atoms with Gasteiger partial charge in [0.1, 0.15) is 10.9 Å². The molecule has 1 atom stereocenters. The number of rotatable bonds is 5. The summed E-state index contributed by atoms with van der Waals surface area (Å²) in [6.07, 6.45) is 2.22. The molecule has 1 fully saturated rings. The van der Waals surface area contributed by atoms with Gasteiger partial charge in [-0.1, -0.05) is 23.7 Å². The highest BCUT2D eigenvalue weighted by Gasteiger charge is 2.42. The zero-order valence-corrected chi connectivity index (χ0v) is 19.4. The van der Waals surface area contributed by atoms with Crippen LogP contribution in [0.1, 0.15) is 12.8 Å². The summed E-state index contributed by atoms with van der Waals surface area (Å²) in [5.41, 5.74) is 0.355. The minimum absolute atomic E-state index is 0.0164. The summed E-state index contributed by atoms with van der Waals surface area (Å²) in [4.78, 5) is 15.1. The Morgan fingerprint density at radius 2 is 2.03 bits per heavy atom. The quantitative estimate of drug-likeness (QED) is 0.148.